The molecule has 0 radical (unpaired) electrons. The molecular weight excluding hydrogens is 268 g/mol. The largest absolute Gasteiger partial charge is 0.384 e. The third kappa shape index (κ3) is 2.18. The first-order chi connectivity index (χ1) is 9.34. The number of thiazole rings is 1. The number of rotatable bonds is 1. The Bertz CT molecular complexity index is 757. The molecule has 1 aromatic carbocycles. The molecule has 0 bridgehead atoms. The SMILES string of the molecule is Cn1nc(-c2ccc3sc(C(C)(C)C)nc3c2)cc1N. The average molecular weight is 286 g/mol. The van der Waals surface area contributed by atoms with Gasteiger partial charge in [0.25, 0.3) is 0 Å². The van der Waals surface area contributed by atoms with Gasteiger partial charge in [0.15, 0.2) is 0 Å². The number of hydrogen-bond acceptors (Lipinski definition) is 4. The van der Waals surface area contributed by atoms with Crippen LogP contribution in [0.25, 0.3) is 21.5 Å². The van der Waals surface area contributed by atoms with Crippen molar-refractivity contribution in [1.29, 1.82) is 0 Å². The smallest absolute Gasteiger partial charge is 0.121 e. The van der Waals surface area contributed by atoms with Crippen LogP contribution in [0.15, 0.2) is 24.3 Å². The summed E-state index contributed by atoms with van der Waals surface area (Å²) in [5, 5.41) is 5.57. The molecule has 20 heavy (non-hydrogen) atoms. The summed E-state index contributed by atoms with van der Waals surface area (Å²) in [4.78, 5) is 4.75. The molecule has 0 aliphatic carbocycles. The number of nitrogens with two attached hydrogens (primary N) is 1. The van der Waals surface area contributed by atoms with Crippen LogP contribution in [0.5, 0.6) is 0 Å². The van der Waals surface area contributed by atoms with Crippen LogP contribution in [0.3, 0.4) is 0 Å². The normalized spacial score (nSPS) is 12.2. The molecule has 2 heterocycles. The topological polar surface area (TPSA) is 56.7 Å². The highest BCUT2D eigenvalue weighted by Gasteiger charge is 2.19. The van der Waals surface area contributed by atoms with E-state index in [0.29, 0.717) is 5.82 Å². The number of nitrogens with zero attached hydrogens (tertiary/aromatic N) is 3. The molecule has 0 unspecified atom stereocenters. The van der Waals surface area contributed by atoms with Crippen molar-refractivity contribution in [3.05, 3.63) is 29.3 Å². The highest BCUT2D eigenvalue weighted by molar-refractivity contribution is 7.18. The van der Waals surface area contributed by atoms with E-state index in [-0.39, 0.29) is 5.41 Å². The van der Waals surface area contributed by atoms with Crippen molar-refractivity contribution in [2.24, 2.45) is 7.05 Å². The maximum Gasteiger partial charge on any atom is 0.121 e. The van der Waals surface area contributed by atoms with Gasteiger partial charge in [-0.2, -0.15) is 5.10 Å². The Morgan fingerprint density at radius 2 is 1.95 bits per heavy atom. The van der Waals surface area contributed by atoms with Crippen LogP contribution in [0, 0.1) is 0 Å². The summed E-state index contributed by atoms with van der Waals surface area (Å²) in [7, 11) is 1.85. The second kappa shape index (κ2) is 4.31. The summed E-state index contributed by atoms with van der Waals surface area (Å²) in [6.45, 7) is 6.56. The van der Waals surface area contributed by atoms with E-state index < -0.39 is 0 Å². The minimum atomic E-state index is 0.0826. The van der Waals surface area contributed by atoms with E-state index in [2.05, 4.69) is 44.1 Å². The summed E-state index contributed by atoms with van der Waals surface area (Å²) in [5.74, 6) is 0.661. The van der Waals surface area contributed by atoms with Gasteiger partial charge in [0, 0.05) is 24.1 Å². The fourth-order valence-corrected chi connectivity index (χ4v) is 3.03. The Morgan fingerprint density at radius 3 is 2.55 bits per heavy atom. The molecule has 0 atom stereocenters. The minimum Gasteiger partial charge on any atom is -0.384 e. The number of fused-ring (bicyclic) bond motifs is 1. The van der Waals surface area contributed by atoms with Gasteiger partial charge < -0.3 is 5.73 Å². The van der Waals surface area contributed by atoms with E-state index in [9.17, 15) is 0 Å². The lowest BCUT2D eigenvalue weighted by Crippen LogP contribution is -2.09. The molecule has 3 aromatic rings. The van der Waals surface area contributed by atoms with Crippen molar-refractivity contribution < 1.29 is 0 Å². The first-order valence-corrected chi connectivity index (χ1v) is 7.37. The lowest BCUT2D eigenvalue weighted by Gasteiger charge is -2.13. The average Bonchev–Trinajstić information content (AvgIpc) is 2.92. The van der Waals surface area contributed by atoms with E-state index in [4.69, 9.17) is 10.7 Å². The Balaban J connectivity index is 2.11. The standard InChI is InChI=1S/C15H18N4S/c1-15(2,3)14-17-11-7-9(5-6-12(11)20-14)10-8-13(16)19(4)18-10/h5-8H,16H2,1-4H3. The quantitative estimate of drug-likeness (QED) is 0.744. The van der Waals surface area contributed by atoms with Gasteiger partial charge in [-0.1, -0.05) is 26.8 Å². The Kier molecular flexibility index (Phi) is 2.83. The predicted octanol–water partition coefficient (Wildman–Crippen LogP) is 3.58. The van der Waals surface area contributed by atoms with Crippen molar-refractivity contribution in [1.82, 2.24) is 14.8 Å². The zero-order chi connectivity index (χ0) is 14.5. The van der Waals surface area contributed by atoms with Crippen LogP contribution in [-0.2, 0) is 12.5 Å². The second-order valence-corrected chi connectivity index (χ2v) is 7.06. The van der Waals surface area contributed by atoms with Crippen molar-refractivity contribution in [2.75, 3.05) is 5.73 Å². The van der Waals surface area contributed by atoms with Gasteiger partial charge in [-0.05, 0) is 12.1 Å². The third-order valence-electron chi connectivity index (χ3n) is 3.24. The summed E-state index contributed by atoms with van der Waals surface area (Å²) >= 11 is 1.76. The lowest BCUT2D eigenvalue weighted by molar-refractivity contribution is 0.587. The molecule has 0 fully saturated rings. The van der Waals surface area contributed by atoms with Gasteiger partial charge >= 0.3 is 0 Å². The minimum absolute atomic E-state index is 0.0826. The van der Waals surface area contributed by atoms with Crippen molar-refractivity contribution in [2.45, 2.75) is 26.2 Å². The molecule has 2 N–H and O–H groups in total. The fourth-order valence-electron chi connectivity index (χ4n) is 2.03. The van der Waals surface area contributed by atoms with Gasteiger partial charge in [-0.25, -0.2) is 4.98 Å². The molecule has 104 valence electrons. The highest BCUT2D eigenvalue weighted by atomic mass is 32.1. The number of nitrogen functional groups attached to an aromatic ring is 1. The number of anilines is 1. The van der Waals surface area contributed by atoms with Gasteiger partial charge in [0.05, 0.1) is 20.9 Å². The second-order valence-electron chi connectivity index (χ2n) is 6.03. The summed E-state index contributed by atoms with van der Waals surface area (Å²) < 4.78 is 2.89. The van der Waals surface area contributed by atoms with Crippen LogP contribution in [0.1, 0.15) is 25.8 Å². The zero-order valence-electron chi connectivity index (χ0n) is 12.1. The molecular formula is C15H18N4S. The van der Waals surface area contributed by atoms with Gasteiger partial charge in [0.2, 0.25) is 0 Å². The maximum atomic E-state index is 5.84. The molecule has 0 saturated heterocycles. The van der Waals surface area contributed by atoms with Crippen LogP contribution in [0.4, 0.5) is 5.82 Å². The Morgan fingerprint density at radius 1 is 1.20 bits per heavy atom. The molecule has 2 aromatic heterocycles. The number of aromatic nitrogens is 3. The lowest BCUT2D eigenvalue weighted by atomic mass is 9.98. The number of aryl methyl sites for hydroxylation is 1. The molecule has 4 nitrogen and oxygen atoms in total. The molecule has 5 heteroatoms. The van der Waals surface area contributed by atoms with E-state index in [1.54, 1.807) is 16.0 Å². The third-order valence-corrected chi connectivity index (χ3v) is 4.70. The molecule has 0 amide bonds. The molecule has 3 rings (SSSR count). The van der Waals surface area contributed by atoms with Crippen LogP contribution >= 0.6 is 11.3 Å². The maximum absolute atomic E-state index is 5.84. The zero-order valence-corrected chi connectivity index (χ0v) is 13.0. The monoisotopic (exact) mass is 286 g/mol. The molecule has 0 aliphatic rings. The molecule has 0 aliphatic heterocycles. The Hall–Kier alpha value is -1.88. The summed E-state index contributed by atoms with van der Waals surface area (Å²) in [5.41, 5.74) is 8.89. The van der Waals surface area contributed by atoms with E-state index in [0.717, 1.165) is 21.8 Å². The Labute approximate surface area is 122 Å². The van der Waals surface area contributed by atoms with E-state index >= 15 is 0 Å². The predicted molar refractivity (Wildman–Crippen MR) is 84.9 cm³/mol. The van der Waals surface area contributed by atoms with E-state index in [1.807, 2.05) is 13.1 Å². The van der Waals surface area contributed by atoms with Gasteiger partial charge in [0.1, 0.15) is 5.82 Å². The first-order valence-electron chi connectivity index (χ1n) is 6.55. The van der Waals surface area contributed by atoms with Crippen molar-refractivity contribution in [3.8, 4) is 11.3 Å². The van der Waals surface area contributed by atoms with Crippen LogP contribution in [0.2, 0.25) is 0 Å². The van der Waals surface area contributed by atoms with Gasteiger partial charge in [-0.15, -0.1) is 11.3 Å². The first kappa shape index (κ1) is 13.1. The van der Waals surface area contributed by atoms with Crippen molar-refractivity contribution in [3.63, 3.8) is 0 Å². The molecule has 0 spiro atoms. The van der Waals surface area contributed by atoms with Gasteiger partial charge in [-0.3, -0.25) is 4.68 Å². The summed E-state index contributed by atoms with van der Waals surface area (Å²) in [6.07, 6.45) is 0. The highest BCUT2D eigenvalue weighted by Crippen LogP contribution is 2.33. The fraction of sp³-hybridized carbons (Fsp3) is 0.333. The van der Waals surface area contributed by atoms with E-state index in [1.165, 1.54) is 4.70 Å². The summed E-state index contributed by atoms with van der Waals surface area (Å²) in [6, 6.07) is 8.16. The number of hydrogen-bond donors (Lipinski definition) is 1. The van der Waals surface area contributed by atoms with Crippen LogP contribution in [-0.4, -0.2) is 14.8 Å². The molecule has 0 saturated carbocycles. The van der Waals surface area contributed by atoms with Crippen molar-refractivity contribution >= 4 is 27.4 Å². The number of benzene rings is 1. The van der Waals surface area contributed by atoms with Crippen LogP contribution < -0.4 is 5.73 Å².